The van der Waals surface area contributed by atoms with Crippen molar-refractivity contribution in [2.75, 3.05) is 29.9 Å². The number of aliphatic hydroxyl groups is 1. The summed E-state index contributed by atoms with van der Waals surface area (Å²) in [4.78, 5) is 17.4. The molecule has 2 aliphatic rings. The quantitative estimate of drug-likeness (QED) is 0.605. The van der Waals surface area contributed by atoms with Gasteiger partial charge in [0, 0.05) is 32.1 Å². The van der Waals surface area contributed by atoms with Gasteiger partial charge in [-0.15, -0.1) is 0 Å². The number of hydrogen-bond acceptors (Lipinski definition) is 6. The van der Waals surface area contributed by atoms with E-state index >= 15 is 4.39 Å². The van der Waals surface area contributed by atoms with Crippen LogP contribution >= 0.6 is 0 Å². The van der Waals surface area contributed by atoms with Crippen molar-refractivity contribution in [1.82, 2.24) is 4.98 Å². The van der Waals surface area contributed by atoms with Crippen molar-refractivity contribution in [3.05, 3.63) is 47.9 Å². The molecular formula is C25H32FN3O3. The van der Waals surface area contributed by atoms with Gasteiger partial charge in [-0.1, -0.05) is 19.1 Å². The van der Waals surface area contributed by atoms with E-state index < -0.39 is 5.60 Å². The third kappa shape index (κ3) is 5.21. The minimum absolute atomic E-state index is 0.0323. The van der Waals surface area contributed by atoms with E-state index in [4.69, 9.17) is 4.74 Å². The molecule has 2 aromatic rings. The number of carbonyl (C=O) groups is 1. The Labute approximate surface area is 188 Å². The van der Waals surface area contributed by atoms with Crippen molar-refractivity contribution >= 4 is 17.3 Å². The summed E-state index contributed by atoms with van der Waals surface area (Å²) in [6, 6.07) is 9.58. The molecule has 0 radical (unpaired) electrons. The molecule has 172 valence electrons. The lowest BCUT2D eigenvalue weighted by Gasteiger charge is -2.36. The molecule has 2 N–H and O–H groups in total. The third-order valence-electron chi connectivity index (χ3n) is 6.57. The van der Waals surface area contributed by atoms with E-state index in [1.807, 2.05) is 36.1 Å². The summed E-state index contributed by atoms with van der Waals surface area (Å²) in [6.07, 6.45) is 5.38. The summed E-state index contributed by atoms with van der Waals surface area (Å²) in [5.74, 6) is 0.944. The number of ketones is 1. The maximum Gasteiger partial charge on any atom is 0.188 e. The maximum absolute atomic E-state index is 15.1. The topological polar surface area (TPSA) is 74.7 Å². The third-order valence-corrected chi connectivity index (χ3v) is 6.57. The smallest absolute Gasteiger partial charge is 0.188 e. The van der Waals surface area contributed by atoms with Gasteiger partial charge in [-0.3, -0.25) is 0 Å². The first-order valence-electron chi connectivity index (χ1n) is 11.4. The van der Waals surface area contributed by atoms with Crippen LogP contribution in [0.2, 0.25) is 0 Å². The van der Waals surface area contributed by atoms with Crippen LogP contribution in [0.1, 0.15) is 57.4 Å². The molecule has 0 unspecified atom stereocenters. The number of anilines is 2. The second-order valence-electron chi connectivity index (χ2n) is 9.27. The van der Waals surface area contributed by atoms with Gasteiger partial charge in [0.25, 0.3) is 0 Å². The molecule has 7 heteroatoms. The van der Waals surface area contributed by atoms with Crippen LogP contribution in [-0.2, 0) is 4.79 Å². The minimum Gasteiger partial charge on any atom is -0.489 e. The number of pyridine rings is 1. The van der Waals surface area contributed by atoms with E-state index in [2.05, 4.69) is 10.3 Å². The van der Waals surface area contributed by atoms with Gasteiger partial charge in [0.1, 0.15) is 17.6 Å². The molecule has 32 heavy (non-hydrogen) atoms. The van der Waals surface area contributed by atoms with Crippen molar-refractivity contribution in [3.63, 3.8) is 0 Å². The Morgan fingerprint density at radius 1 is 1.34 bits per heavy atom. The van der Waals surface area contributed by atoms with E-state index in [1.54, 1.807) is 19.2 Å². The second kappa shape index (κ2) is 9.45. The highest BCUT2D eigenvalue weighted by Gasteiger charge is 2.34. The van der Waals surface area contributed by atoms with Crippen LogP contribution in [-0.4, -0.2) is 47.2 Å². The maximum atomic E-state index is 15.1. The van der Waals surface area contributed by atoms with Crippen LogP contribution in [0.4, 0.5) is 15.9 Å². The van der Waals surface area contributed by atoms with Gasteiger partial charge in [0.2, 0.25) is 0 Å². The first-order chi connectivity index (χ1) is 15.3. The highest BCUT2D eigenvalue weighted by molar-refractivity contribution is 5.76. The lowest BCUT2D eigenvalue weighted by Crippen LogP contribution is -2.43. The zero-order valence-corrected chi connectivity index (χ0v) is 18.8. The van der Waals surface area contributed by atoms with Gasteiger partial charge in [0.15, 0.2) is 11.6 Å². The highest BCUT2D eigenvalue weighted by Crippen LogP contribution is 2.33. The molecule has 4 rings (SSSR count). The molecule has 6 nitrogen and oxygen atoms in total. The Bertz CT molecular complexity index is 946. The summed E-state index contributed by atoms with van der Waals surface area (Å²) in [7, 11) is 0. The molecule has 1 saturated carbocycles. The van der Waals surface area contributed by atoms with Crippen LogP contribution in [0.5, 0.6) is 5.75 Å². The predicted molar refractivity (Wildman–Crippen MR) is 123 cm³/mol. The standard InChI is InChI=1S/C25H32FN3O3/c1-17(14-18(2)30)19-4-6-20(7-5-19)32-21-9-13-29(15-21)22-8-12-27-24(23(22)26)28-16-25(31)10-3-11-25/h4-8,12,17,21,31H,3,9-11,13-16H2,1-2H3,(H,27,28)/t17-,21-/m1/s1. The summed E-state index contributed by atoms with van der Waals surface area (Å²) in [5.41, 5.74) is 0.879. The fourth-order valence-corrected chi connectivity index (χ4v) is 4.47. The number of Topliss-reactive ketones (excluding diaryl/α,β-unsaturated/α-hetero) is 1. The SMILES string of the molecule is CC(=O)C[C@@H](C)c1ccc(O[C@@H]2CCN(c3ccnc(NCC4(O)CCC4)c3F)C2)cc1. The monoisotopic (exact) mass is 441 g/mol. The molecule has 1 saturated heterocycles. The molecule has 2 heterocycles. The Hall–Kier alpha value is -2.67. The molecule has 0 amide bonds. The van der Waals surface area contributed by atoms with Crippen LogP contribution < -0.4 is 15.0 Å². The Morgan fingerprint density at radius 2 is 2.09 bits per heavy atom. The van der Waals surface area contributed by atoms with Crippen molar-refractivity contribution in [2.24, 2.45) is 0 Å². The summed E-state index contributed by atoms with van der Waals surface area (Å²) < 4.78 is 21.2. The van der Waals surface area contributed by atoms with Gasteiger partial charge in [-0.05, 0) is 55.9 Å². The summed E-state index contributed by atoms with van der Waals surface area (Å²) in [5, 5.41) is 13.2. The number of carbonyl (C=O) groups excluding carboxylic acids is 1. The van der Waals surface area contributed by atoms with Crippen LogP contribution in [0.3, 0.4) is 0 Å². The fourth-order valence-electron chi connectivity index (χ4n) is 4.47. The van der Waals surface area contributed by atoms with E-state index in [0.717, 1.165) is 37.0 Å². The van der Waals surface area contributed by atoms with Gasteiger partial charge < -0.3 is 24.9 Å². The average molecular weight is 442 g/mol. The summed E-state index contributed by atoms with van der Waals surface area (Å²) in [6.45, 7) is 5.26. The second-order valence-corrected chi connectivity index (χ2v) is 9.27. The van der Waals surface area contributed by atoms with Crippen LogP contribution in [0.15, 0.2) is 36.5 Å². The molecule has 1 aliphatic heterocycles. The Kier molecular flexibility index (Phi) is 6.65. The first-order valence-corrected chi connectivity index (χ1v) is 11.4. The molecule has 1 aromatic carbocycles. The van der Waals surface area contributed by atoms with E-state index in [0.29, 0.717) is 31.7 Å². The number of aromatic nitrogens is 1. The largest absolute Gasteiger partial charge is 0.489 e. The van der Waals surface area contributed by atoms with Crippen molar-refractivity contribution in [1.29, 1.82) is 0 Å². The van der Waals surface area contributed by atoms with Gasteiger partial charge in [-0.25, -0.2) is 9.37 Å². The lowest BCUT2D eigenvalue weighted by molar-refractivity contribution is -0.117. The van der Waals surface area contributed by atoms with E-state index in [9.17, 15) is 9.90 Å². The van der Waals surface area contributed by atoms with Crippen molar-refractivity contribution in [2.45, 2.75) is 63.6 Å². The highest BCUT2D eigenvalue weighted by atomic mass is 19.1. The van der Waals surface area contributed by atoms with Gasteiger partial charge in [-0.2, -0.15) is 0 Å². The number of rotatable bonds is 9. The molecular weight excluding hydrogens is 409 g/mol. The minimum atomic E-state index is -0.740. The van der Waals surface area contributed by atoms with E-state index in [1.165, 1.54) is 0 Å². The fraction of sp³-hybridized carbons (Fsp3) is 0.520. The average Bonchev–Trinajstić information content (AvgIpc) is 3.20. The Morgan fingerprint density at radius 3 is 2.75 bits per heavy atom. The zero-order chi connectivity index (χ0) is 22.7. The molecule has 2 fully saturated rings. The van der Waals surface area contributed by atoms with Gasteiger partial charge >= 0.3 is 0 Å². The van der Waals surface area contributed by atoms with Gasteiger partial charge in [0.05, 0.1) is 17.8 Å². The predicted octanol–water partition coefficient (Wildman–Crippen LogP) is 4.29. The molecule has 1 aliphatic carbocycles. The number of hydrogen-bond donors (Lipinski definition) is 2. The Balaban J connectivity index is 1.34. The zero-order valence-electron chi connectivity index (χ0n) is 18.8. The normalized spacial score (nSPS) is 20.5. The lowest BCUT2D eigenvalue weighted by atomic mass is 9.80. The molecule has 1 aromatic heterocycles. The number of halogens is 1. The first kappa shape index (κ1) is 22.5. The van der Waals surface area contributed by atoms with Crippen molar-refractivity contribution < 1.29 is 19.0 Å². The summed E-state index contributed by atoms with van der Waals surface area (Å²) >= 11 is 0. The number of nitrogens with zero attached hydrogens (tertiary/aromatic N) is 2. The van der Waals surface area contributed by atoms with Crippen LogP contribution in [0, 0.1) is 5.82 Å². The number of benzene rings is 1. The van der Waals surface area contributed by atoms with Crippen LogP contribution in [0.25, 0.3) is 0 Å². The van der Waals surface area contributed by atoms with E-state index in [-0.39, 0.29) is 29.4 Å². The molecule has 0 spiro atoms. The molecule has 2 atom stereocenters. The molecule has 0 bridgehead atoms. The van der Waals surface area contributed by atoms with Crippen molar-refractivity contribution in [3.8, 4) is 5.75 Å². The number of nitrogens with one attached hydrogen (secondary N) is 1. The number of ether oxygens (including phenoxy) is 1.